The minimum atomic E-state index is 0.363. The van der Waals surface area contributed by atoms with Gasteiger partial charge in [0.2, 0.25) is 0 Å². The molecule has 10 aromatic rings. The van der Waals surface area contributed by atoms with Gasteiger partial charge in [-0.15, -0.1) is 0 Å². The average molecular weight is 716 g/mol. The molecule has 0 amide bonds. The molecule has 0 saturated heterocycles. The summed E-state index contributed by atoms with van der Waals surface area (Å²) in [4.78, 5) is 5.52. The Balaban J connectivity index is 1.12. The molecule has 1 aliphatic carbocycles. The Bertz CT molecular complexity index is 3050. The van der Waals surface area contributed by atoms with E-state index < -0.39 is 0 Å². The third kappa shape index (κ3) is 5.39. The van der Waals surface area contributed by atoms with Crippen LogP contribution in [-0.4, -0.2) is 14.1 Å². The fourth-order valence-electron chi connectivity index (χ4n) is 8.71. The molecule has 3 heteroatoms. The molecular weight excluding hydrogens is 679 g/mol. The normalized spacial score (nSPS) is 14.0. The zero-order valence-electron chi connectivity index (χ0n) is 30.8. The van der Waals surface area contributed by atoms with Crippen LogP contribution in [0.4, 0.5) is 0 Å². The molecule has 56 heavy (non-hydrogen) atoms. The van der Waals surface area contributed by atoms with E-state index in [1.807, 2.05) is 0 Å². The maximum absolute atomic E-state index is 5.52. The van der Waals surface area contributed by atoms with Crippen LogP contribution in [0.5, 0.6) is 0 Å². The molecule has 3 aromatic heterocycles. The molecule has 0 bridgehead atoms. The van der Waals surface area contributed by atoms with Gasteiger partial charge in [-0.25, -0.2) is 4.98 Å². The van der Waals surface area contributed by atoms with Gasteiger partial charge in [-0.1, -0.05) is 146 Å². The van der Waals surface area contributed by atoms with Gasteiger partial charge in [0.25, 0.3) is 0 Å². The third-order valence-electron chi connectivity index (χ3n) is 11.5. The molecule has 0 saturated carbocycles. The first-order chi connectivity index (χ1) is 27.8. The summed E-state index contributed by atoms with van der Waals surface area (Å²) in [6, 6.07) is 65.9. The largest absolute Gasteiger partial charge is 0.294 e. The van der Waals surface area contributed by atoms with E-state index in [0.717, 1.165) is 40.1 Å². The molecule has 3 heterocycles. The highest BCUT2D eigenvalue weighted by Gasteiger charge is 2.20. The van der Waals surface area contributed by atoms with Gasteiger partial charge in [0.15, 0.2) is 0 Å². The number of hydrogen-bond acceptors (Lipinski definition) is 1. The smallest absolute Gasteiger partial charge is 0.140 e. The van der Waals surface area contributed by atoms with Crippen LogP contribution in [0.1, 0.15) is 17.9 Å². The van der Waals surface area contributed by atoms with Crippen LogP contribution >= 0.6 is 0 Å². The Morgan fingerprint density at radius 2 is 0.804 bits per heavy atom. The van der Waals surface area contributed by atoms with Crippen molar-refractivity contribution in [2.24, 2.45) is 0 Å². The molecule has 11 rings (SSSR count). The van der Waals surface area contributed by atoms with Crippen LogP contribution < -0.4 is 0 Å². The Hall–Kier alpha value is -7.23. The van der Waals surface area contributed by atoms with E-state index in [9.17, 15) is 0 Å². The second kappa shape index (κ2) is 13.3. The lowest BCUT2D eigenvalue weighted by Crippen LogP contribution is -2.03. The van der Waals surface area contributed by atoms with Gasteiger partial charge in [0.1, 0.15) is 11.6 Å². The molecular formula is C53H37N3. The first kappa shape index (κ1) is 32.2. The third-order valence-corrected chi connectivity index (χ3v) is 11.5. The standard InChI is InChI=1S/C53H37N3/c1-5-14-36(15-6-1)40-24-28-48-44(32-40)45-33-41(37-16-7-2-8-17-37)25-29-49(45)55(48)52-22-13-23-53(54-52)56-50-30-26-42(38-18-9-3-10-19-38)34-46(50)47-35-43(27-31-51(47)56)39-20-11-4-12-21-39/h1-20,22-35,39H,21H2. The first-order valence-electron chi connectivity index (χ1n) is 19.4. The summed E-state index contributed by atoms with van der Waals surface area (Å²) in [5.74, 6) is 2.13. The Labute approximate surface area is 325 Å². The SMILES string of the molecule is C1=CCC(c2ccc3c(c2)c2cc(-c4ccccc4)ccc2n3-c2cccc(-n3c4ccc(-c5ccccc5)cc4c4cc(-c5ccccc5)ccc43)n2)C=C1. The molecule has 1 aliphatic rings. The molecule has 264 valence electrons. The quantitative estimate of drug-likeness (QED) is 0.168. The predicted molar refractivity (Wildman–Crippen MR) is 235 cm³/mol. The lowest BCUT2D eigenvalue weighted by atomic mass is 9.91. The summed E-state index contributed by atoms with van der Waals surface area (Å²) in [6.07, 6.45) is 9.91. The molecule has 0 spiro atoms. The van der Waals surface area contributed by atoms with Crippen LogP contribution in [0, 0.1) is 0 Å². The van der Waals surface area contributed by atoms with Crippen molar-refractivity contribution < 1.29 is 0 Å². The van der Waals surface area contributed by atoms with Crippen molar-refractivity contribution in [1.82, 2.24) is 14.1 Å². The maximum atomic E-state index is 5.52. The number of allylic oxidation sites excluding steroid dienone is 4. The number of aromatic nitrogens is 3. The Morgan fingerprint density at radius 1 is 0.375 bits per heavy atom. The Morgan fingerprint density at radius 3 is 1.23 bits per heavy atom. The van der Waals surface area contributed by atoms with Gasteiger partial charge in [0, 0.05) is 27.5 Å². The van der Waals surface area contributed by atoms with E-state index in [2.05, 4.69) is 215 Å². The van der Waals surface area contributed by atoms with Crippen LogP contribution in [0.3, 0.4) is 0 Å². The van der Waals surface area contributed by atoms with Crippen LogP contribution in [0.25, 0.3) is 88.6 Å². The van der Waals surface area contributed by atoms with Crippen LogP contribution in [-0.2, 0) is 0 Å². The van der Waals surface area contributed by atoms with E-state index in [4.69, 9.17) is 4.98 Å². The van der Waals surface area contributed by atoms with Crippen LogP contribution in [0.15, 0.2) is 206 Å². The fraction of sp³-hybridized carbons (Fsp3) is 0.0377. The topological polar surface area (TPSA) is 22.8 Å². The minimum absolute atomic E-state index is 0.363. The van der Waals surface area contributed by atoms with Crippen molar-refractivity contribution in [2.45, 2.75) is 12.3 Å². The second-order valence-electron chi connectivity index (χ2n) is 14.8. The number of rotatable bonds is 6. The molecule has 0 fully saturated rings. The second-order valence-corrected chi connectivity index (χ2v) is 14.8. The highest BCUT2D eigenvalue weighted by Crippen LogP contribution is 2.40. The van der Waals surface area contributed by atoms with Crippen molar-refractivity contribution in [2.75, 3.05) is 0 Å². The zero-order valence-corrected chi connectivity index (χ0v) is 30.8. The van der Waals surface area contributed by atoms with Crippen LogP contribution in [0.2, 0.25) is 0 Å². The van der Waals surface area contributed by atoms with Crippen molar-refractivity contribution >= 4 is 43.6 Å². The summed E-state index contributed by atoms with van der Waals surface area (Å²) in [6.45, 7) is 0. The number of hydrogen-bond donors (Lipinski definition) is 0. The average Bonchev–Trinajstić information content (AvgIpc) is 3.79. The van der Waals surface area contributed by atoms with E-state index in [0.29, 0.717) is 5.92 Å². The molecule has 1 atom stereocenters. The molecule has 7 aromatic carbocycles. The fourth-order valence-corrected chi connectivity index (χ4v) is 8.71. The number of pyridine rings is 1. The number of nitrogens with zero attached hydrogens (tertiary/aromatic N) is 3. The van der Waals surface area contributed by atoms with E-state index in [1.54, 1.807) is 0 Å². The highest BCUT2D eigenvalue weighted by atomic mass is 15.1. The summed E-state index contributed by atoms with van der Waals surface area (Å²) in [5, 5.41) is 4.88. The highest BCUT2D eigenvalue weighted by molar-refractivity contribution is 6.12. The van der Waals surface area contributed by atoms with E-state index in [-0.39, 0.29) is 0 Å². The lowest BCUT2D eigenvalue weighted by molar-refractivity contribution is 0.855. The number of fused-ring (bicyclic) bond motifs is 6. The lowest BCUT2D eigenvalue weighted by Gasteiger charge is -2.14. The predicted octanol–water partition coefficient (Wildman–Crippen LogP) is 13.9. The summed E-state index contributed by atoms with van der Waals surface area (Å²) in [5.41, 5.74) is 13.1. The van der Waals surface area contributed by atoms with Crippen molar-refractivity contribution in [3.05, 3.63) is 212 Å². The monoisotopic (exact) mass is 715 g/mol. The van der Waals surface area contributed by atoms with Crippen molar-refractivity contribution in [3.8, 4) is 45.0 Å². The van der Waals surface area contributed by atoms with E-state index in [1.165, 1.54) is 60.5 Å². The maximum Gasteiger partial charge on any atom is 0.140 e. The van der Waals surface area contributed by atoms with Gasteiger partial charge in [-0.2, -0.15) is 0 Å². The van der Waals surface area contributed by atoms with Gasteiger partial charge >= 0.3 is 0 Å². The molecule has 0 radical (unpaired) electrons. The summed E-state index contributed by atoms with van der Waals surface area (Å²) >= 11 is 0. The van der Waals surface area contributed by atoms with E-state index >= 15 is 0 Å². The molecule has 1 unspecified atom stereocenters. The molecule has 0 aliphatic heterocycles. The van der Waals surface area contributed by atoms with Gasteiger partial charge in [-0.3, -0.25) is 9.13 Å². The first-order valence-corrected chi connectivity index (χ1v) is 19.4. The minimum Gasteiger partial charge on any atom is -0.294 e. The summed E-state index contributed by atoms with van der Waals surface area (Å²) in [7, 11) is 0. The zero-order chi connectivity index (χ0) is 37.0. The number of benzene rings is 7. The Kier molecular flexibility index (Phi) is 7.63. The van der Waals surface area contributed by atoms with Crippen molar-refractivity contribution in [1.29, 1.82) is 0 Å². The van der Waals surface area contributed by atoms with Gasteiger partial charge in [-0.05, 0) is 106 Å². The summed E-state index contributed by atoms with van der Waals surface area (Å²) < 4.78 is 4.68. The molecule has 0 N–H and O–H groups in total. The van der Waals surface area contributed by atoms with Crippen molar-refractivity contribution in [3.63, 3.8) is 0 Å². The van der Waals surface area contributed by atoms with Gasteiger partial charge in [0.05, 0.1) is 22.1 Å². The molecule has 3 nitrogen and oxygen atoms in total. The van der Waals surface area contributed by atoms with Gasteiger partial charge < -0.3 is 0 Å².